The summed E-state index contributed by atoms with van der Waals surface area (Å²) in [5.41, 5.74) is 2.53. The highest BCUT2D eigenvalue weighted by molar-refractivity contribution is 5.97. The highest BCUT2D eigenvalue weighted by Gasteiger charge is 2.16. The molecule has 0 bridgehead atoms. The van der Waals surface area contributed by atoms with E-state index in [1.165, 1.54) is 7.11 Å². The number of carboxylic acids is 1. The van der Waals surface area contributed by atoms with Crippen LogP contribution in [-0.4, -0.2) is 43.3 Å². The number of ether oxygens (including phenoxy) is 3. The summed E-state index contributed by atoms with van der Waals surface area (Å²) < 4.78 is 16.4. The molecule has 0 aliphatic carbocycles. The molecule has 0 saturated carbocycles. The lowest BCUT2D eigenvalue weighted by atomic mass is 10.0. The number of Topliss-reactive ketones (excluding diaryl/α,β-unsaturated/α-hetero) is 1. The van der Waals surface area contributed by atoms with Crippen LogP contribution < -0.4 is 9.47 Å². The minimum atomic E-state index is -0.980. The molecule has 6 nitrogen and oxygen atoms in total. The van der Waals surface area contributed by atoms with E-state index in [0.29, 0.717) is 49.5 Å². The first kappa shape index (κ1) is 24.0. The maximum Gasteiger partial charge on any atom is 0.333 e. The van der Waals surface area contributed by atoms with E-state index in [2.05, 4.69) is 0 Å². The molecule has 1 N–H and O–H groups in total. The smallest absolute Gasteiger partial charge is 0.333 e. The maximum atomic E-state index is 12.4. The van der Waals surface area contributed by atoms with Gasteiger partial charge >= 0.3 is 5.97 Å². The van der Waals surface area contributed by atoms with Crippen molar-refractivity contribution < 1.29 is 28.9 Å². The summed E-state index contributed by atoms with van der Waals surface area (Å²) in [4.78, 5) is 23.4. The summed E-state index contributed by atoms with van der Waals surface area (Å²) in [6.07, 6.45) is 0.522. The Morgan fingerprint density at radius 2 is 1.36 bits per heavy atom. The number of carbonyl (C=O) groups is 2. The lowest BCUT2D eigenvalue weighted by Crippen LogP contribution is -2.24. The second kappa shape index (κ2) is 12.4. The Morgan fingerprint density at radius 1 is 0.788 bits per heavy atom. The number of aliphatic carboxylic acids is 1. The van der Waals surface area contributed by atoms with Crippen molar-refractivity contribution in [2.45, 2.75) is 25.4 Å². The fourth-order valence-electron chi connectivity index (χ4n) is 3.27. The predicted molar refractivity (Wildman–Crippen MR) is 125 cm³/mol. The monoisotopic (exact) mass is 448 g/mol. The molecule has 3 aromatic carbocycles. The van der Waals surface area contributed by atoms with E-state index in [9.17, 15) is 9.59 Å². The normalized spacial score (nSPS) is 11.5. The van der Waals surface area contributed by atoms with Crippen molar-refractivity contribution in [1.29, 1.82) is 0 Å². The molecule has 1 atom stereocenters. The molecule has 3 aromatic rings. The van der Waals surface area contributed by atoms with Gasteiger partial charge in [-0.25, -0.2) is 4.79 Å². The summed E-state index contributed by atoms with van der Waals surface area (Å²) in [5, 5.41) is 9.05. The zero-order valence-electron chi connectivity index (χ0n) is 18.6. The fraction of sp³-hybridized carbons (Fsp3) is 0.259. The van der Waals surface area contributed by atoms with Crippen molar-refractivity contribution in [3.63, 3.8) is 0 Å². The summed E-state index contributed by atoms with van der Waals surface area (Å²) in [6.45, 7) is 0.979. The molecule has 6 heteroatoms. The molecule has 0 heterocycles. The van der Waals surface area contributed by atoms with Crippen LogP contribution in [0.2, 0.25) is 0 Å². The van der Waals surface area contributed by atoms with Gasteiger partial charge in [-0.2, -0.15) is 0 Å². The standard InChI is InChI=1S/C27H28O6/c1-31-26(27(29)30)19-21-8-12-23(13-9-21)32-16-5-17-33-24-14-10-22(11-15-24)25(28)18-20-6-3-2-4-7-20/h2-4,6-15,26H,5,16-19H2,1H3,(H,29,30)/t26-/m0/s1. The third kappa shape index (κ3) is 7.77. The van der Waals surface area contributed by atoms with Gasteiger partial charge in [0, 0.05) is 31.9 Å². The van der Waals surface area contributed by atoms with Crippen LogP contribution >= 0.6 is 0 Å². The number of rotatable bonds is 13. The highest BCUT2D eigenvalue weighted by Crippen LogP contribution is 2.16. The van der Waals surface area contributed by atoms with Gasteiger partial charge in [0.1, 0.15) is 11.5 Å². The third-order valence-corrected chi connectivity index (χ3v) is 5.11. The molecular formula is C27H28O6. The van der Waals surface area contributed by atoms with Gasteiger partial charge in [-0.05, 0) is 47.5 Å². The quantitative estimate of drug-likeness (QED) is 0.304. The summed E-state index contributed by atoms with van der Waals surface area (Å²) in [6, 6.07) is 24.2. The molecule has 0 amide bonds. The molecule has 0 aliphatic rings. The van der Waals surface area contributed by atoms with Crippen molar-refractivity contribution in [3.8, 4) is 11.5 Å². The van der Waals surface area contributed by atoms with Crippen LogP contribution in [0.1, 0.15) is 27.9 Å². The Morgan fingerprint density at radius 3 is 1.91 bits per heavy atom. The Balaban J connectivity index is 1.36. The topological polar surface area (TPSA) is 82.1 Å². The third-order valence-electron chi connectivity index (χ3n) is 5.11. The van der Waals surface area contributed by atoms with Crippen LogP contribution in [0.5, 0.6) is 11.5 Å². The number of ketones is 1. The molecule has 0 spiro atoms. The lowest BCUT2D eigenvalue weighted by Gasteiger charge is -2.11. The van der Waals surface area contributed by atoms with E-state index in [4.69, 9.17) is 19.3 Å². The van der Waals surface area contributed by atoms with Gasteiger partial charge in [0.25, 0.3) is 0 Å². The Hall–Kier alpha value is -3.64. The first-order chi connectivity index (χ1) is 16.0. The van der Waals surface area contributed by atoms with E-state index < -0.39 is 12.1 Å². The minimum Gasteiger partial charge on any atom is -0.493 e. The second-order valence-electron chi connectivity index (χ2n) is 7.57. The van der Waals surface area contributed by atoms with Gasteiger partial charge in [-0.15, -0.1) is 0 Å². The molecule has 0 saturated heterocycles. The van der Waals surface area contributed by atoms with Gasteiger partial charge in [0.05, 0.1) is 13.2 Å². The first-order valence-corrected chi connectivity index (χ1v) is 10.8. The Bertz CT molecular complexity index is 1010. The number of methoxy groups -OCH3 is 1. The van der Waals surface area contributed by atoms with Crippen molar-refractivity contribution in [1.82, 2.24) is 0 Å². The lowest BCUT2D eigenvalue weighted by molar-refractivity contribution is -0.148. The average Bonchev–Trinajstić information content (AvgIpc) is 2.84. The van der Waals surface area contributed by atoms with Crippen molar-refractivity contribution in [3.05, 3.63) is 95.6 Å². The number of carboxylic acid groups (broad SMARTS) is 1. The highest BCUT2D eigenvalue weighted by atomic mass is 16.5. The number of hydrogen-bond acceptors (Lipinski definition) is 5. The number of carbonyl (C=O) groups excluding carboxylic acids is 1. The predicted octanol–water partition coefficient (Wildman–Crippen LogP) is 4.60. The molecule has 0 fully saturated rings. The Kier molecular flexibility index (Phi) is 9.03. The van der Waals surface area contributed by atoms with Gasteiger partial charge in [-0.1, -0.05) is 42.5 Å². The zero-order chi connectivity index (χ0) is 23.5. The van der Waals surface area contributed by atoms with Crippen LogP contribution in [0.3, 0.4) is 0 Å². The summed E-state index contributed by atoms with van der Waals surface area (Å²) in [7, 11) is 1.39. The van der Waals surface area contributed by atoms with Gasteiger partial charge in [0.2, 0.25) is 0 Å². The molecule has 33 heavy (non-hydrogen) atoms. The van der Waals surface area contributed by atoms with Crippen LogP contribution in [0, 0.1) is 0 Å². The molecule has 3 rings (SSSR count). The number of benzene rings is 3. The molecular weight excluding hydrogens is 420 g/mol. The molecule has 0 aromatic heterocycles. The SMILES string of the molecule is CO[C@@H](Cc1ccc(OCCCOc2ccc(C(=O)Cc3ccccc3)cc2)cc1)C(=O)O. The van der Waals surface area contributed by atoms with E-state index in [1.807, 2.05) is 66.7 Å². The van der Waals surface area contributed by atoms with Gasteiger partial charge in [0.15, 0.2) is 11.9 Å². The summed E-state index contributed by atoms with van der Waals surface area (Å²) >= 11 is 0. The van der Waals surface area contributed by atoms with Crippen LogP contribution in [-0.2, 0) is 22.4 Å². The zero-order valence-corrected chi connectivity index (χ0v) is 18.6. The Labute approximate surface area is 193 Å². The van der Waals surface area contributed by atoms with E-state index in [1.54, 1.807) is 12.1 Å². The fourth-order valence-corrected chi connectivity index (χ4v) is 3.27. The summed E-state index contributed by atoms with van der Waals surface area (Å²) in [5.74, 6) is 0.519. The van der Waals surface area contributed by atoms with Crippen LogP contribution in [0.4, 0.5) is 0 Å². The molecule has 0 aliphatic heterocycles. The van der Waals surface area contributed by atoms with Crippen LogP contribution in [0.25, 0.3) is 0 Å². The van der Waals surface area contributed by atoms with Crippen molar-refractivity contribution in [2.75, 3.05) is 20.3 Å². The van der Waals surface area contributed by atoms with Crippen molar-refractivity contribution in [2.24, 2.45) is 0 Å². The number of hydrogen-bond donors (Lipinski definition) is 1. The average molecular weight is 449 g/mol. The van der Waals surface area contributed by atoms with E-state index >= 15 is 0 Å². The maximum absolute atomic E-state index is 12.4. The van der Waals surface area contributed by atoms with E-state index in [-0.39, 0.29) is 5.78 Å². The van der Waals surface area contributed by atoms with Crippen molar-refractivity contribution >= 4 is 11.8 Å². The molecule has 0 unspecified atom stereocenters. The molecule has 172 valence electrons. The molecule has 0 radical (unpaired) electrons. The van der Waals surface area contributed by atoms with Crippen LogP contribution in [0.15, 0.2) is 78.9 Å². The van der Waals surface area contributed by atoms with Gasteiger partial charge in [-0.3, -0.25) is 4.79 Å². The van der Waals surface area contributed by atoms with E-state index in [0.717, 1.165) is 11.1 Å². The van der Waals surface area contributed by atoms with Gasteiger partial charge < -0.3 is 19.3 Å². The first-order valence-electron chi connectivity index (χ1n) is 10.8. The minimum absolute atomic E-state index is 0.0767. The largest absolute Gasteiger partial charge is 0.493 e. The second-order valence-corrected chi connectivity index (χ2v) is 7.57.